The van der Waals surface area contributed by atoms with Crippen LogP contribution in [0.3, 0.4) is 0 Å². The summed E-state index contributed by atoms with van der Waals surface area (Å²) in [5.74, 6) is 0.0641. The van der Waals surface area contributed by atoms with Gasteiger partial charge in [0.15, 0.2) is 0 Å². The number of anilines is 1. The lowest BCUT2D eigenvalue weighted by Crippen LogP contribution is -2.16. The van der Waals surface area contributed by atoms with E-state index in [1.165, 1.54) is 37.4 Å². The van der Waals surface area contributed by atoms with Crippen molar-refractivity contribution in [3.8, 4) is 0 Å². The van der Waals surface area contributed by atoms with E-state index < -0.39 is 0 Å². The van der Waals surface area contributed by atoms with E-state index in [0.29, 0.717) is 11.8 Å². The van der Waals surface area contributed by atoms with Crippen LogP contribution in [0.25, 0.3) is 0 Å². The van der Waals surface area contributed by atoms with Gasteiger partial charge in [0.2, 0.25) is 5.91 Å². The van der Waals surface area contributed by atoms with Crippen LogP contribution in [0.5, 0.6) is 0 Å². The van der Waals surface area contributed by atoms with E-state index in [1.54, 1.807) is 0 Å². The van der Waals surface area contributed by atoms with Gasteiger partial charge < -0.3 is 11.1 Å². The number of thioether (sulfide) groups is 1. The van der Waals surface area contributed by atoms with Gasteiger partial charge in [0.1, 0.15) is 0 Å². The molecule has 0 aliphatic heterocycles. The summed E-state index contributed by atoms with van der Waals surface area (Å²) in [5, 5.41) is 3.56. The van der Waals surface area contributed by atoms with Gasteiger partial charge in [-0.05, 0) is 25.0 Å². The smallest absolute Gasteiger partial charge is 0.227 e. The molecule has 0 radical (unpaired) electrons. The number of rotatable bonds is 5. The second-order valence-corrected chi connectivity index (χ2v) is 5.39. The normalized spacial score (nSPS) is 16.0. The van der Waals surface area contributed by atoms with Gasteiger partial charge in [-0.15, -0.1) is 11.8 Å². The topological polar surface area (TPSA) is 55.1 Å². The highest BCUT2D eigenvalue weighted by Crippen LogP contribution is 2.30. The second-order valence-electron chi connectivity index (χ2n) is 4.38. The average molecular weight is 250 g/mol. The van der Waals surface area contributed by atoms with Crippen LogP contribution in [-0.2, 0) is 4.79 Å². The molecule has 1 aromatic rings. The molecule has 1 aliphatic carbocycles. The SMILES string of the molecule is NC(=O)CSc1ccccc1NC1CCCC1. The summed E-state index contributed by atoms with van der Waals surface area (Å²) in [5.41, 5.74) is 6.30. The summed E-state index contributed by atoms with van der Waals surface area (Å²) >= 11 is 1.50. The Morgan fingerprint density at radius 3 is 2.76 bits per heavy atom. The largest absolute Gasteiger partial charge is 0.381 e. The summed E-state index contributed by atoms with van der Waals surface area (Å²) in [6.07, 6.45) is 5.12. The van der Waals surface area contributed by atoms with Crippen LogP contribution >= 0.6 is 11.8 Å². The fourth-order valence-electron chi connectivity index (χ4n) is 2.15. The molecule has 0 spiro atoms. The highest BCUT2D eigenvalue weighted by atomic mass is 32.2. The second kappa shape index (κ2) is 5.96. The molecule has 0 atom stereocenters. The van der Waals surface area contributed by atoms with E-state index in [0.717, 1.165) is 10.6 Å². The maximum absolute atomic E-state index is 10.8. The van der Waals surface area contributed by atoms with Crippen molar-refractivity contribution < 1.29 is 4.79 Å². The third-order valence-corrected chi connectivity index (χ3v) is 4.07. The molecule has 1 fully saturated rings. The molecule has 1 saturated carbocycles. The number of primary amides is 1. The van der Waals surface area contributed by atoms with Crippen LogP contribution in [0.2, 0.25) is 0 Å². The summed E-state index contributed by atoms with van der Waals surface area (Å²) in [4.78, 5) is 11.9. The Kier molecular flexibility index (Phi) is 4.31. The number of amides is 1. The molecule has 92 valence electrons. The Morgan fingerprint density at radius 2 is 2.06 bits per heavy atom. The molecular weight excluding hydrogens is 232 g/mol. The first kappa shape index (κ1) is 12.3. The fraction of sp³-hybridized carbons (Fsp3) is 0.462. The molecule has 1 aliphatic rings. The fourth-order valence-corrected chi connectivity index (χ4v) is 2.91. The summed E-state index contributed by atoms with van der Waals surface area (Å²) in [6, 6.07) is 8.70. The molecule has 0 unspecified atom stereocenters. The van der Waals surface area contributed by atoms with Gasteiger partial charge in [0.25, 0.3) is 0 Å². The van der Waals surface area contributed by atoms with Crippen molar-refractivity contribution in [2.45, 2.75) is 36.6 Å². The van der Waals surface area contributed by atoms with Crippen LogP contribution < -0.4 is 11.1 Å². The van der Waals surface area contributed by atoms with Crippen LogP contribution in [0, 0.1) is 0 Å². The van der Waals surface area contributed by atoms with E-state index in [2.05, 4.69) is 11.4 Å². The zero-order valence-corrected chi connectivity index (χ0v) is 10.6. The van der Waals surface area contributed by atoms with Gasteiger partial charge in [-0.3, -0.25) is 4.79 Å². The van der Waals surface area contributed by atoms with E-state index in [-0.39, 0.29) is 5.91 Å². The molecule has 0 bridgehead atoms. The predicted molar refractivity (Wildman–Crippen MR) is 72.2 cm³/mol. The minimum Gasteiger partial charge on any atom is -0.381 e. The van der Waals surface area contributed by atoms with Crippen molar-refractivity contribution in [2.24, 2.45) is 5.73 Å². The number of carbonyl (C=O) groups excluding carboxylic acids is 1. The number of hydrogen-bond donors (Lipinski definition) is 2. The Balaban J connectivity index is 2.01. The van der Waals surface area contributed by atoms with Gasteiger partial charge in [0, 0.05) is 16.6 Å². The average Bonchev–Trinajstić information content (AvgIpc) is 2.80. The lowest BCUT2D eigenvalue weighted by Gasteiger charge is -2.16. The minimum absolute atomic E-state index is 0.273. The molecule has 4 heteroatoms. The van der Waals surface area contributed by atoms with Gasteiger partial charge in [0.05, 0.1) is 5.75 Å². The predicted octanol–water partition coefficient (Wildman–Crippen LogP) is 2.62. The van der Waals surface area contributed by atoms with Gasteiger partial charge in [-0.2, -0.15) is 0 Å². The number of para-hydroxylation sites is 1. The van der Waals surface area contributed by atoms with Crippen molar-refractivity contribution in [3.63, 3.8) is 0 Å². The third kappa shape index (κ3) is 3.66. The highest BCUT2D eigenvalue weighted by Gasteiger charge is 2.15. The van der Waals surface area contributed by atoms with Gasteiger partial charge in [-0.1, -0.05) is 25.0 Å². The Hall–Kier alpha value is -1.16. The maximum Gasteiger partial charge on any atom is 0.227 e. The Bertz CT molecular complexity index is 389. The Morgan fingerprint density at radius 1 is 1.35 bits per heavy atom. The quantitative estimate of drug-likeness (QED) is 0.790. The summed E-state index contributed by atoms with van der Waals surface area (Å²) in [7, 11) is 0. The molecule has 3 nitrogen and oxygen atoms in total. The monoisotopic (exact) mass is 250 g/mol. The van der Waals surface area contributed by atoms with Gasteiger partial charge >= 0.3 is 0 Å². The molecule has 2 rings (SSSR count). The lowest BCUT2D eigenvalue weighted by molar-refractivity contribution is -0.115. The highest BCUT2D eigenvalue weighted by molar-refractivity contribution is 8.00. The molecule has 0 saturated heterocycles. The molecule has 17 heavy (non-hydrogen) atoms. The van der Waals surface area contributed by atoms with Crippen molar-refractivity contribution in [1.29, 1.82) is 0 Å². The molecule has 1 aromatic carbocycles. The van der Waals surface area contributed by atoms with Crippen LogP contribution in [-0.4, -0.2) is 17.7 Å². The van der Waals surface area contributed by atoms with Crippen LogP contribution in [0.1, 0.15) is 25.7 Å². The molecule has 3 N–H and O–H groups in total. The van der Waals surface area contributed by atoms with Crippen molar-refractivity contribution in [1.82, 2.24) is 0 Å². The van der Waals surface area contributed by atoms with Crippen LogP contribution in [0.4, 0.5) is 5.69 Å². The van der Waals surface area contributed by atoms with E-state index in [4.69, 9.17) is 5.73 Å². The molecule has 0 aromatic heterocycles. The van der Waals surface area contributed by atoms with Crippen molar-refractivity contribution in [3.05, 3.63) is 24.3 Å². The Labute approximate surface area is 106 Å². The minimum atomic E-state index is -0.273. The van der Waals surface area contributed by atoms with E-state index in [9.17, 15) is 4.79 Å². The van der Waals surface area contributed by atoms with Crippen molar-refractivity contribution in [2.75, 3.05) is 11.1 Å². The van der Waals surface area contributed by atoms with E-state index in [1.807, 2.05) is 18.2 Å². The molecule has 1 amide bonds. The number of nitrogens with one attached hydrogen (secondary N) is 1. The van der Waals surface area contributed by atoms with Crippen molar-refractivity contribution >= 4 is 23.4 Å². The molecular formula is C13H18N2OS. The zero-order valence-electron chi connectivity index (χ0n) is 9.82. The summed E-state index contributed by atoms with van der Waals surface area (Å²) < 4.78 is 0. The lowest BCUT2D eigenvalue weighted by atomic mass is 10.2. The first-order chi connectivity index (χ1) is 8.25. The number of nitrogens with two attached hydrogens (primary N) is 1. The zero-order chi connectivity index (χ0) is 12.1. The standard InChI is InChI=1S/C13H18N2OS/c14-13(16)9-17-12-8-4-3-7-11(12)15-10-5-1-2-6-10/h3-4,7-8,10,15H,1-2,5-6,9H2,(H2,14,16). The summed E-state index contributed by atoms with van der Waals surface area (Å²) in [6.45, 7) is 0. The maximum atomic E-state index is 10.8. The first-order valence-corrected chi connectivity index (χ1v) is 7.01. The number of benzene rings is 1. The molecule has 0 heterocycles. The van der Waals surface area contributed by atoms with E-state index >= 15 is 0 Å². The third-order valence-electron chi connectivity index (χ3n) is 2.97. The number of carbonyl (C=O) groups is 1. The first-order valence-electron chi connectivity index (χ1n) is 6.02. The van der Waals surface area contributed by atoms with Gasteiger partial charge in [-0.25, -0.2) is 0 Å². The number of hydrogen-bond acceptors (Lipinski definition) is 3. The van der Waals surface area contributed by atoms with Crippen LogP contribution in [0.15, 0.2) is 29.2 Å².